The third kappa shape index (κ3) is 5.04. The molecule has 0 bridgehead atoms. The Bertz CT molecular complexity index is 1130. The third-order valence-corrected chi connectivity index (χ3v) is 6.50. The van der Waals surface area contributed by atoms with E-state index in [1.54, 1.807) is 48.8 Å². The van der Waals surface area contributed by atoms with E-state index in [0.717, 1.165) is 22.3 Å². The maximum Gasteiger partial charge on any atom is 0.264 e. The summed E-state index contributed by atoms with van der Waals surface area (Å²) in [6.45, 7) is 5.63. The molecule has 3 aromatic rings. The number of carbonyl (C=O) groups is 1. The molecule has 1 N–H and O–H groups in total. The van der Waals surface area contributed by atoms with E-state index in [0.29, 0.717) is 5.69 Å². The smallest absolute Gasteiger partial charge is 0.264 e. The van der Waals surface area contributed by atoms with Gasteiger partial charge < -0.3 is 5.32 Å². The van der Waals surface area contributed by atoms with Crippen molar-refractivity contribution in [2.24, 2.45) is 0 Å². The molecule has 6 nitrogen and oxygen atoms in total. The molecule has 30 heavy (non-hydrogen) atoms. The SMILES string of the molecule is Cc1ccc(S(=O)(=O)N(CC(=O)NCc2cccnc2)c2ccc(C)cc2C)cc1. The standard InChI is InChI=1S/C23H25N3O3S/c1-17-6-9-21(10-7-17)30(28,29)26(22-11-8-18(2)13-19(22)3)16-23(27)25-15-20-5-4-12-24-14-20/h4-14H,15-16H2,1-3H3,(H,25,27). The van der Waals surface area contributed by atoms with Crippen molar-refractivity contribution in [2.75, 3.05) is 10.8 Å². The number of hydrogen-bond donors (Lipinski definition) is 1. The number of pyridine rings is 1. The molecule has 0 aliphatic heterocycles. The normalized spacial score (nSPS) is 11.2. The van der Waals surface area contributed by atoms with Crippen LogP contribution >= 0.6 is 0 Å². The maximum atomic E-state index is 13.4. The minimum atomic E-state index is -3.92. The van der Waals surface area contributed by atoms with Crippen LogP contribution < -0.4 is 9.62 Å². The number of hydrogen-bond acceptors (Lipinski definition) is 4. The molecule has 3 rings (SSSR count). The van der Waals surface area contributed by atoms with Crippen molar-refractivity contribution in [2.45, 2.75) is 32.2 Å². The summed E-state index contributed by atoms with van der Waals surface area (Å²) >= 11 is 0. The fraction of sp³-hybridized carbons (Fsp3) is 0.217. The number of benzene rings is 2. The number of sulfonamides is 1. The van der Waals surface area contributed by atoms with Gasteiger partial charge in [-0.05, 0) is 56.2 Å². The Hall–Kier alpha value is -3.19. The average molecular weight is 424 g/mol. The highest BCUT2D eigenvalue weighted by Crippen LogP contribution is 2.27. The summed E-state index contributed by atoms with van der Waals surface area (Å²) in [6.07, 6.45) is 3.31. The Kier molecular flexibility index (Phi) is 6.52. The second-order valence-corrected chi connectivity index (χ2v) is 9.11. The fourth-order valence-corrected chi connectivity index (χ4v) is 4.60. The van der Waals surface area contributed by atoms with E-state index in [1.807, 2.05) is 39.0 Å². The molecule has 0 fully saturated rings. The van der Waals surface area contributed by atoms with Gasteiger partial charge in [0.25, 0.3) is 10.0 Å². The molecule has 2 aromatic carbocycles. The zero-order valence-electron chi connectivity index (χ0n) is 17.3. The molecule has 0 aliphatic carbocycles. The topological polar surface area (TPSA) is 79.4 Å². The van der Waals surface area contributed by atoms with Crippen LogP contribution in [0.15, 0.2) is 71.9 Å². The van der Waals surface area contributed by atoms with Gasteiger partial charge in [-0.1, -0.05) is 41.5 Å². The van der Waals surface area contributed by atoms with Crippen LogP contribution in [0, 0.1) is 20.8 Å². The first kappa shape index (κ1) is 21.5. The van der Waals surface area contributed by atoms with Gasteiger partial charge in [0.15, 0.2) is 0 Å². The van der Waals surface area contributed by atoms with Gasteiger partial charge in [0.05, 0.1) is 10.6 Å². The van der Waals surface area contributed by atoms with Crippen LogP contribution in [0.25, 0.3) is 0 Å². The Morgan fingerprint density at radius 2 is 1.70 bits per heavy atom. The zero-order valence-corrected chi connectivity index (χ0v) is 18.1. The van der Waals surface area contributed by atoms with Crippen LogP contribution in [0.1, 0.15) is 22.3 Å². The molecule has 1 aromatic heterocycles. The van der Waals surface area contributed by atoms with E-state index < -0.39 is 15.9 Å². The van der Waals surface area contributed by atoms with E-state index in [9.17, 15) is 13.2 Å². The summed E-state index contributed by atoms with van der Waals surface area (Å²) in [6, 6.07) is 15.7. The van der Waals surface area contributed by atoms with Crippen LogP contribution in [0.3, 0.4) is 0 Å². The van der Waals surface area contributed by atoms with Crippen molar-refractivity contribution >= 4 is 21.6 Å². The van der Waals surface area contributed by atoms with Gasteiger partial charge in [0.2, 0.25) is 5.91 Å². The maximum absolute atomic E-state index is 13.4. The number of anilines is 1. The number of aromatic nitrogens is 1. The molecule has 0 radical (unpaired) electrons. The second kappa shape index (κ2) is 9.09. The summed E-state index contributed by atoms with van der Waals surface area (Å²) < 4.78 is 28.0. The lowest BCUT2D eigenvalue weighted by atomic mass is 10.1. The third-order valence-electron chi connectivity index (χ3n) is 4.73. The van der Waals surface area contributed by atoms with Crippen molar-refractivity contribution in [3.05, 3.63) is 89.2 Å². The van der Waals surface area contributed by atoms with E-state index in [1.165, 1.54) is 4.31 Å². The largest absolute Gasteiger partial charge is 0.350 e. The van der Waals surface area contributed by atoms with Crippen LogP contribution in [0.4, 0.5) is 5.69 Å². The van der Waals surface area contributed by atoms with Crippen LogP contribution in [-0.2, 0) is 21.4 Å². The highest BCUT2D eigenvalue weighted by molar-refractivity contribution is 7.92. The quantitative estimate of drug-likeness (QED) is 0.631. The minimum Gasteiger partial charge on any atom is -0.350 e. The number of amides is 1. The van der Waals surface area contributed by atoms with Crippen molar-refractivity contribution in [1.82, 2.24) is 10.3 Å². The summed E-state index contributed by atoms with van der Waals surface area (Å²) in [7, 11) is -3.92. The van der Waals surface area contributed by atoms with Crippen LogP contribution in [0.2, 0.25) is 0 Å². The number of carbonyl (C=O) groups excluding carboxylic acids is 1. The van der Waals surface area contributed by atoms with Gasteiger partial charge in [-0.25, -0.2) is 8.42 Å². The monoisotopic (exact) mass is 423 g/mol. The molecular weight excluding hydrogens is 398 g/mol. The lowest BCUT2D eigenvalue weighted by Crippen LogP contribution is -2.41. The van der Waals surface area contributed by atoms with Gasteiger partial charge >= 0.3 is 0 Å². The summed E-state index contributed by atoms with van der Waals surface area (Å²) in [5, 5.41) is 2.78. The molecule has 156 valence electrons. The highest BCUT2D eigenvalue weighted by Gasteiger charge is 2.28. The molecule has 0 spiro atoms. The van der Waals surface area contributed by atoms with E-state index in [4.69, 9.17) is 0 Å². The Morgan fingerprint density at radius 3 is 2.33 bits per heavy atom. The van der Waals surface area contributed by atoms with Crippen molar-refractivity contribution in [3.8, 4) is 0 Å². The molecule has 0 unspecified atom stereocenters. The fourth-order valence-electron chi connectivity index (χ4n) is 3.11. The Labute approximate surface area is 177 Å². The molecule has 0 atom stereocenters. The van der Waals surface area contributed by atoms with Gasteiger partial charge in [-0.15, -0.1) is 0 Å². The predicted octanol–water partition coefficient (Wildman–Crippen LogP) is 3.52. The molecule has 0 saturated heterocycles. The summed E-state index contributed by atoms with van der Waals surface area (Å²) in [5.41, 5.74) is 4.08. The molecule has 0 aliphatic rings. The van der Waals surface area contributed by atoms with Crippen LogP contribution in [-0.4, -0.2) is 25.9 Å². The van der Waals surface area contributed by atoms with E-state index in [2.05, 4.69) is 10.3 Å². The Balaban J connectivity index is 1.91. The number of rotatable bonds is 7. The van der Waals surface area contributed by atoms with E-state index >= 15 is 0 Å². The summed E-state index contributed by atoms with van der Waals surface area (Å²) in [4.78, 5) is 16.8. The highest BCUT2D eigenvalue weighted by atomic mass is 32.2. The molecule has 1 heterocycles. The van der Waals surface area contributed by atoms with Crippen molar-refractivity contribution < 1.29 is 13.2 Å². The first-order valence-corrected chi connectivity index (χ1v) is 11.0. The van der Waals surface area contributed by atoms with E-state index in [-0.39, 0.29) is 18.0 Å². The first-order chi connectivity index (χ1) is 14.3. The zero-order chi connectivity index (χ0) is 21.7. The number of nitrogens with zero attached hydrogens (tertiary/aromatic N) is 2. The van der Waals surface area contributed by atoms with Gasteiger partial charge in [-0.2, -0.15) is 0 Å². The lowest BCUT2D eigenvalue weighted by Gasteiger charge is -2.26. The van der Waals surface area contributed by atoms with Crippen molar-refractivity contribution in [1.29, 1.82) is 0 Å². The molecule has 7 heteroatoms. The van der Waals surface area contributed by atoms with Gasteiger partial charge in [-0.3, -0.25) is 14.1 Å². The van der Waals surface area contributed by atoms with Crippen LogP contribution in [0.5, 0.6) is 0 Å². The predicted molar refractivity (Wildman–Crippen MR) is 118 cm³/mol. The summed E-state index contributed by atoms with van der Waals surface area (Å²) in [5.74, 6) is -0.394. The first-order valence-electron chi connectivity index (χ1n) is 9.59. The molecular formula is C23H25N3O3S. The second-order valence-electron chi connectivity index (χ2n) is 7.25. The average Bonchev–Trinajstić information content (AvgIpc) is 2.72. The lowest BCUT2D eigenvalue weighted by molar-refractivity contribution is -0.119. The molecule has 1 amide bonds. The minimum absolute atomic E-state index is 0.146. The number of nitrogens with one attached hydrogen (secondary N) is 1. The molecule has 0 saturated carbocycles. The Morgan fingerprint density at radius 1 is 1.00 bits per heavy atom. The van der Waals surface area contributed by atoms with Gasteiger partial charge in [0.1, 0.15) is 6.54 Å². The number of aryl methyl sites for hydroxylation is 3. The van der Waals surface area contributed by atoms with Gasteiger partial charge in [0, 0.05) is 18.9 Å². The van der Waals surface area contributed by atoms with Crippen molar-refractivity contribution in [3.63, 3.8) is 0 Å².